The van der Waals surface area contributed by atoms with Gasteiger partial charge in [-0.2, -0.15) is 0 Å². The topological polar surface area (TPSA) is 20.2 Å². The molecule has 0 radical (unpaired) electrons. The SMILES string of the molecule is O[C@@H]1CCCc2c(F)cccc21. The molecule has 0 unspecified atom stereocenters. The summed E-state index contributed by atoms with van der Waals surface area (Å²) in [7, 11) is 0. The second kappa shape index (κ2) is 2.87. The lowest BCUT2D eigenvalue weighted by Gasteiger charge is -2.21. The maximum atomic E-state index is 13.1. The fraction of sp³-hybridized carbons (Fsp3) is 0.400. The van der Waals surface area contributed by atoms with Crippen molar-refractivity contribution in [1.29, 1.82) is 0 Å². The molecular formula is C10H11FO. The Morgan fingerprint density at radius 2 is 2.25 bits per heavy atom. The van der Waals surface area contributed by atoms with Crippen molar-refractivity contribution in [1.82, 2.24) is 0 Å². The van der Waals surface area contributed by atoms with Gasteiger partial charge in [-0.15, -0.1) is 0 Å². The van der Waals surface area contributed by atoms with E-state index in [2.05, 4.69) is 0 Å². The van der Waals surface area contributed by atoms with Crippen LogP contribution >= 0.6 is 0 Å². The Labute approximate surface area is 70.8 Å². The van der Waals surface area contributed by atoms with Crippen LogP contribution in [0.2, 0.25) is 0 Å². The van der Waals surface area contributed by atoms with Crippen molar-refractivity contribution < 1.29 is 9.50 Å². The molecule has 1 aliphatic rings. The minimum absolute atomic E-state index is 0.175. The fourth-order valence-corrected chi connectivity index (χ4v) is 1.78. The molecule has 0 bridgehead atoms. The maximum Gasteiger partial charge on any atom is 0.126 e. The number of fused-ring (bicyclic) bond motifs is 1. The second-order valence-corrected chi connectivity index (χ2v) is 3.22. The average molecular weight is 166 g/mol. The van der Waals surface area contributed by atoms with E-state index >= 15 is 0 Å². The van der Waals surface area contributed by atoms with Gasteiger partial charge in [0.1, 0.15) is 5.82 Å². The van der Waals surface area contributed by atoms with Crippen LogP contribution in [0.4, 0.5) is 4.39 Å². The fourth-order valence-electron chi connectivity index (χ4n) is 1.78. The number of benzene rings is 1. The van der Waals surface area contributed by atoms with E-state index in [1.165, 1.54) is 6.07 Å². The van der Waals surface area contributed by atoms with Gasteiger partial charge in [0.15, 0.2) is 0 Å². The van der Waals surface area contributed by atoms with Crippen molar-refractivity contribution in [3.63, 3.8) is 0 Å². The Hall–Kier alpha value is -0.890. The van der Waals surface area contributed by atoms with Gasteiger partial charge in [0.2, 0.25) is 0 Å². The van der Waals surface area contributed by atoms with Crippen LogP contribution in [0.3, 0.4) is 0 Å². The zero-order chi connectivity index (χ0) is 8.55. The monoisotopic (exact) mass is 166 g/mol. The van der Waals surface area contributed by atoms with E-state index in [9.17, 15) is 9.50 Å². The van der Waals surface area contributed by atoms with Gasteiger partial charge in [-0.1, -0.05) is 12.1 Å². The highest BCUT2D eigenvalue weighted by Crippen LogP contribution is 2.30. The quantitative estimate of drug-likeness (QED) is 0.626. The summed E-state index contributed by atoms with van der Waals surface area (Å²) in [6.45, 7) is 0. The molecule has 1 aromatic rings. The third-order valence-electron chi connectivity index (χ3n) is 2.42. The molecule has 0 saturated heterocycles. The molecule has 0 amide bonds. The third kappa shape index (κ3) is 1.12. The zero-order valence-corrected chi connectivity index (χ0v) is 6.76. The van der Waals surface area contributed by atoms with Gasteiger partial charge in [0.25, 0.3) is 0 Å². The molecule has 0 spiro atoms. The summed E-state index contributed by atoms with van der Waals surface area (Å²) < 4.78 is 13.1. The molecule has 2 heteroatoms. The normalized spacial score (nSPS) is 22.0. The van der Waals surface area contributed by atoms with E-state index in [0.29, 0.717) is 5.56 Å². The summed E-state index contributed by atoms with van der Waals surface area (Å²) in [5.41, 5.74) is 1.48. The Morgan fingerprint density at radius 3 is 3.00 bits per heavy atom. The minimum atomic E-state index is -0.454. The molecular weight excluding hydrogens is 155 g/mol. The van der Waals surface area contributed by atoms with Gasteiger partial charge in [0.05, 0.1) is 6.10 Å². The third-order valence-corrected chi connectivity index (χ3v) is 2.42. The number of halogens is 1. The molecule has 0 saturated carbocycles. The average Bonchev–Trinajstić information content (AvgIpc) is 2.07. The van der Waals surface area contributed by atoms with Crippen molar-refractivity contribution >= 4 is 0 Å². The first-order valence-corrected chi connectivity index (χ1v) is 4.24. The first-order valence-electron chi connectivity index (χ1n) is 4.24. The second-order valence-electron chi connectivity index (χ2n) is 3.22. The predicted molar refractivity (Wildman–Crippen MR) is 44.3 cm³/mol. The van der Waals surface area contributed by atoms with E-state index in [1.807, 2.05) is 6.07 Å². The predicted octanol–water partition coefficient (Wildman–Crippen LogP) is 2.20. The smallest absolute Gasteiger partial charge is 0.126 e. The Kier molecular flexibility index (Phi) is 1.85. The van der Waals surface area contributed by atoms with E-state index in [0.717, 1.165) is 24.8 Å². The summed E-state index contributed by atoms with van der Waals surface area (Å²) in [6.07, 6.45) is 1.95. The van der Waals surface area contributed by atoms with Gasteiger partial charge in [-0.3, -0.25) is 0 Å². The highest BCUT2D eigenvalue weighted by atomic mass is 19.1. The van der Waals surface area contributed by atoms with Crippen molar-refractivity contribution in [3.05, 3.63) is 35.1 Å². The highest BCUT2D eigenvalue weighted by Gasteiger charge is 2.19. The van der Waals surface area contributed by atoms with Crippen LogP contribution in [-0.2, 0) is 6.42 Å². The molecule has 0 fully saturated rings. The van der Waals surface area contributed by atoms with Gasteiger partial charge in [-0.25, -0.2) is 4.39 Å². The molecule has 1 nitrogen and oxygen atoms in total. The van der Waals surface area contributed by atoms with Crippen molar-refractivity contribution in [2.24, 2.45) is 0 Å². The van der Waals surface area contributed by atoms with Crippen LogP contribution in [0.15, 0.2) is 18.2 Å². The molecule has 1 aliphatic carbocycles. The number of rotatable bonds is 0. The van der Waals surface area contributed by atoms with Gasteiger partial charge in [-0.05, 0) is 36.5 Å². The van der Waals surface area contributed by atoms with Crippen LogP contribution in [0.5, 0.6) is 0 Å². The number of hydrogen-bond donors (Lipinski definition) is 1. The van der Waals surface area contributed by atoms with Gasteiger partial charge >= 0.3 is 0 Å². The number of aliphatic hydroxyl groups is 1. The number of aliphatic hydroxyl groups excluding tert-OH is 1. The van der Waals surface area contributed by atoms with E-state index in [4.69, 9.17) is 0 Å². The van der Waals surface area contributed by atoms with Crippen molar-refractivity contribution in [3.8, 4) is 0 Å². The number of hydrogen-bond acceptors (Lipinski definition) is 1. The maximum absolute atomic E-state index is 13.1. The van der Waals surface area contributed by atoms with Crippen LogP contribution in [0.1, 0.15) is 30.1 Å². The van der Waals surface area contributed by atoms with Crippen LogP contribution in [-0.4, -0.2) is 5.11 Å². The van der Waals surface area contributed by atoms with Crippen molar-refractivity contribution in [2.75, 3.05) is 0 Å². The highest BCUT2D eigenvalue weighted by molar-refractivity contribution is 5.32. The molecule has 1 N–H and O–H groups in total. The summed E-state index contributed by atoms with van der Waals surface area (Å²) in [4.78, 5) is 0. The first kappa shape index (κ1) is 7.74. The molecule has 1 atom stereocenters. The summed E-state index contributed by atoms with van der Waals surface area (Å²) >= 11 is 0. The first-order chi connectivity index (χ1) is 5.79. The Morgan fingerprint density at radius 1 is 1.42 bits per heavy atom. The van der Waals surface area contributed by atoms with Crippen LogP contribution in [0.25, 0.3) is 0 Å². The Balaban J connectivity index is 2.52. The zero-order valence-electron chi connectivity index (χ0n) is 6.76. The molecule has 0 heterocycles. The lowest BCUT2D eigenvalue weighted by atomic mass is 9.89. The molecule has 12 heavy (non-hydrogen) atoms. The Bertz CT molecular complexity index is 296. The summed E-state index contributed by atoms with van der Waals surface area (Å²) in [5.74, 6) is -0.175. The minimum Gasteiger partial charge on any atom is -0.388 e. The molecule has 0 aliphatic heterocycles. The lowest BCUT2D eigenvalue weighted by molar-refractivity contribution is 0.155. The largest absolute Gasteiger partial charge is 0.388 e. The van der Waals surface area contributed by atoms with Crippen molar-refractivity contribution in [2.45, 2.75) is 25.4 Å². The van der Waals surface area contributed by atoms with E-state index in [1.54, 1.807) is 6.07 Å². The van der Waals surface area contributed by atoms with Gasteiger partial charge < -0.3 is 5.11 Å². The van der Waals surface area contributed by atoms with E-state index in [-0.39, 0.29) is 5.82 Å². The molecule has 64 valence electrons. The van der Waals surface area contributed by atoms with Gasteiger partial charge in [0, 0.05) is 0 Å². The molecule has 2 rings (SSSR count). The van der Waals surface area contributed by atoms with Crippen LogP contribution < -0.4 is 0 Å². The summed E-state index contributed by atoms with van der Waals surface area (Å²) in [6, 6.07) is 4.92. The molecule has 1 aromatic carbocycles. The summed E-state index contributed by atoms with van der Waals surface area (Å²) in [5, 5.41) is 9.52. The van der Waals surface area contributed by atoms with E-state index < -0.39 is 6.10 Å². The molecule has 0 aromatic heterocycles. The lowest BCUT2D eigenvalue weighted by Crippen LogP contribution is -2.10. The van der Waals surface area contributed by atoms with Crippen LogP contribution in [0, 0.1) is 5.82 Å². The standard InChI is InChI=1S/C10H11FO/c11-9-5-1-4-8-7(9)3-2-6-10(8)12/h1,4-5,10,12H,2-3,6H2/t10-/m1/s1.